The van der Waals surface area contributed by atoms with E-state index in [-0.39, 0.29) is 0 Å². The minimum absolute atomic E-state index is 0.366. The molecule has 92 valence electrons. The number of hydrogen-bond acceptors (Lipinski definition) is 1. The summed E-state index contributed by atoms with van der Waals surface area (Å²) in [6.07, 6.45) is 8.60. The molecule has 1 heterocycles. The maximum Gasteiger partial charge on any atom is 0.225 e. The van der Waals surface area contributed by atoms with Crippen LogP contribution in [0.25, 0.3) is 0 Å². The number of rotatable bonds is 2. The summed E-state index contributed by atoms with van der Waals surface area (Å²) in [5.41, 5.74) is 0. The minimum Gasteiger partial charge on any atom is -0.342 e. The van der Waals surface area contributed by atoms with Crippen LogP contribution in [0.15, 0.2) is 0 Å². The van der Waals surface area contributed by atoms with E-state index in [4.69, 9.17) is 0 Å². The Morgan fingerprint density at radius 2 is 1.69 bits per heavy atom. The van der Waals surface area contributed by atoms with Gasteiger partial charge in [0.05, 0.1) is 0 Å². The van der Waals surface area contributed by atoms with Crippen LogP contribution in [0.2, 0.25) is 0 Å². The van der Waals surface area contributed by atoms with E-state index in [1.54, 1.807) is 0 Å². The van der Waals surface area contributed by atoms with E-state index in [2.05, 4.69) is 27.5 Å². The zero-order valence-corrected chi connectivity index (χ0v) is 12.1. The van der Waals surface area contributed by atoms with Gasteiger partial charge in [0.1, 0.15) is 0 Å². The maximum absolute atomic E-state index is 12.3. The molecule has 0 N–H and O–H groups in total. The Kier molecular flexibility index (Phi) is 4.92. The van der Waals surface area contributed by atoms with Crippen molar-refractivity contribution in [1.82, 2.24) is 4.90 Å². The van der Waals surface area contributed by atoms with E-state index in [0.29, 0.717) is 11.8 Å². The predicted molar refractivity (Wildman–Crippen MR) is 74.8 cm³/mol. The van der Waals surface area contributed by atoms with E-state index in [1.807, 2.05) is 0 Å². The van der Waals surface area contributed by atoms with Crippen LogP contribution >= 0.6 is 22.6 Å². The summed E-state index contributed by atoms with van der Waals surface area (Å²) in [5, 5.41) is 0. The van der Waals surface area contributed by atoms with E-state index >= 15 is 0 Å². The lowest BCUT2D eigenvalue weighted by atomic mass is 9.87. The molecule has 0 aromatic heterocycles. The fourth-order valence-electron chi connectivity index (χ4n) is 2.92. The average Bonchev–Trinajstić information content (AvgIpc) is 2.39. The summed E-state index contributed by atoms with van der Waals surface area (Å²) < 4.78 is 1.25. The number of likely N-dealkylation sites (tertiary alicyclic amines) is 1. The molecule has 0 aromatic carbocycles. The van der Waals surface area contributed by atoms with Gasteiger partial charge >= 0.3 is 0 Å². The van der Waals surface area contributed by atoms with Crippen LogP contribution in [0.5, 0.6) is 0 Å². The highest BCUT2D eigenvalue weighted by molar-refractivity contribution is 14.1. The Labute approximate surface area is 112 Å². The van der Waals surface area contributed by atoms with E-state index in [0.717, 1.165) is 31.8 Å². The van der Waals surface area contributed by atoms with Gasteiger partial charge in [-0.05, 0) is 31.6 Å². The molecule has 16 heavy (non-hydrogen) atoms. The fourth-order valence-corrected chi connectivity index (χ4v) is 3.80. The molecule has 1 aliphatic heterocycles. The van der Waals surface area contributed by atoms with Crippen LogP contribution in [0, 0.1) is 11.8 Å². The summed E-state index contributed by atoms with van der Waals surface area (Å²) in [5.74, 6) is 1.69. The largest absolute Gasteiger partial charge is 0.342 e. The molecule has 1 aliphatic carbocycles. The Morgan fingerprint density at radius 3 is 2.25 bits per heavy atom. The van der Waals surface area contributed by atoms with Gasteiger partial charge < -0.3 is 4.90 Å². The van der Waals surface area contributed by atoms with Crippen LogP contribution in [0.1, 0.15) is 44.9 Å². The number of amides is 1. The van der Waals surface area contributed by atoms with Crippen LogP contribution in [-0.2, 0) is 4.79 Å². The smallest absolute Gasteiger partial charge is 0.225 e. The van der Waals surface area contributed by atoms with Gasteiger partial charge in [-0.1, -0.05) is 41.9 Å². The first kappa shape index (κ1) is 12.7. The van der Waals surface area contributed by atoms with Crippen molar-refractivity contribution in [2.24, 2.45) is 11.8 Å². The molecule has 1 amide bonds. The Morgan fingerprint density at radius 1 is 1.06 bits per heavy atom. The Hall–Kier alpha value is 0.200. The summed E-state index contributed by atoms with van der Waals surface area (Å²) in [7, 11) is 0. The van der Waals surface area contributed by atoms with Gasteiger partial charge in [-0.3, -0.25) is 4.79 Å². The highest BCUT2D eigenvalue weighted by Gasteiger charge is 2.28. The van der Waals surface area contributed by atoms with E-state index < -0.39 is 0 Å². The molecule has 0 spiro atoms. The first-order valence-corrected chi connectivity index (χ1v) is 8.18. The zero-order chi connectivity index (χ0) is 11.4. The third-order valence-electron chi connectivity index (χ3n) is 4.10. The number of carbonyl (C=O) groups is 1. The van der Waals surface area contributed by atoms with Gasteiger partial charge in [-0.25, -0.2) is 0 Å². The zero-order valence-electron chi connectivity index (χ0n) is 9.96. The number of nitrogens with zero attached hydrogens (tertiary/aromatic N) is 1. The molecule has 0 aromatic rings. The standard InChI is InChI=1S/C13H22INO/c14-10-11-6-8-15(9-7-11)13(16)12-4-2-1-3-5-12/h11-12H,1-10H2. The predicted octanol–water partition coefficient (Wildman–Crippen LogP) is 3.24. The second-order valence-corrected chi connectivity index (χ2v) is 6.14. The third kappa shape index (κ3) is 3.11. The maximum atomic E-state index is 12.3. The number of halogens is 1. The molecule has 1 saturated carbocycles. The highest BCUT2D eigenvalue weighted by Crippen LogP contribution is 2.27. The molecule has 1 saturated heterocycles. The van der Waals surface area contributed by atoms with Gasteiger partial charge in [-0.15, -0.1) is 0 Å². The van der Waals surface area contributed by atoms with Crippen molar-refractivity contribution in [2.75, 3.05) is 17.5 Å². The average molecular weight is 335 g/mol. The summed E-state index contributed by atoms with van der Waals surface area (Å²) >= 11 is 2.47. The molecule has 0 radical (unpaired) electrons. The molecule has 3 heteroatoms. The van der Waals surface area contributed by atoms with Gasteiger partial charge in [-0.2, -0.15) is 0 Å². The SMILES string of the molecule is O=C(C1CCCCC1)N1CCC(CI)CC1. The number of hydrogen-bond donors (Lipinski definition) is 0. The van der Waals surface area contributed by atoms with Crippen molar-refractivity contribution in [2.45, 2.75) is 44.9 Å². The molecule has 2 aliphatic rings. The van der Waals surface area contributed by atoms with Crippen LogP contribution in [-0.4, -0.2) is 28.3 Å². The van der Waals surface area contributed by atoms with E-state index in [9.17, 15) is 4.79 Å². The lowest BCUT2D eigenvalue weighted by Gasteiger charge is -2.34. The highest BCUT2D eigenvalue weighted by atomic mass is 127. The number of alkyl halides is 1. The van der Waals surface area contributed by atoms with Crippen molar-refractivity contribution in [1.29, 1.82) is 0 Å². The van der Waals surface area contributed by atoms with Crippen molar-refractivity contribution in [3.63, 3.8) is 0 Å². The molecule has 0 atom stereocenters. The second kappa shape index (κ2) is 6.22. The number of carbonyl (C=O) groups excluding carboxylic acids is 1. The molecule has 0 bridgehead atoms. The van der Waals surface area contributed by atoms with Crippen LogP contribution < -0.4 is 0 Å². The van der Waals surface area contributed by atoms with Crippen LogP contribution in [0.3, 0.4) is 0 Å². The number of piperidine rings is 1. The third-order valence-corrected chi connectivity index (χ3v) is 5.34. The summed E-state index contributed by atoms with van der Waals surface area (Å²) in [6, 6.07) is 0. The first-order chi connectivity index (χ1) is 7.81. The quantitative estimate of drug-likeness (QED) is 0.560. The van der Waals surface area contributed by atoms with Crippen molar-refractivity contribution in [3.8, 4) is 0 Å². The van der Waals surface area contributed by atoms with Crippen LogP contribution in [0.4, 0.5) is 0 Å². The monoisotopic (exact) mass is 335 g/mol. The Bertz CT molecular complexity index is 230. The molecule has 2 nitrogen and oxygen atoms in total. The van der Waals surface area contributed by atoms with Gasteiger partial charge in [0.15, 0.2) is 0 Å². The van der Waals surface area contributed by atoms with Crippen molar-refractivity contribution in [3.05, 3.63) is 0 Å². The second-order valence-electron chi connectivity index (χ2n) is 5.26. The van der Waals surface area contributed by atoms with Gasteiger partial charge in [0.2, 0.25) is 5.91 Å². The lowest BCUT2D eigenvalue weighted by Crippen LogP contribution is -2.42. The molecule has 2 fully saturated rings. The molecular formula is C13H22INO. The van der Waals surface area contributed by atoms with E-state index in [1.165, 1.54) is 36.5 Å². The minimum atomic E-state index is 0.366. The van der Waals surface area contributed by atoms with Crippen molar-refractivity contribution >= 4 is 28.5 Å². The van der Waals surface area contributed by atoms with Gasteiger partial charge in [0, 0.05) is 23.4 Å². The molecule has 2 rings (SSSR count). The lowest BCUT2D eigenvalue weighted by molar-refractivity contribution is -0.137. The first-order valence-electron chi connectivity index (χ1n) is 6.66. The van der Waals surface area contributed by atoms with Gasteiger partial charge in [0.25, 0.3) is 0 Å². The normalized spacial score (nSPS) is 24.7. The molecular weight excluding hydrogens is 313 g/mol. The fraction of sp³-hybridized carbons (Fsp3) is 0.923. The summed E-state index contributed by atoms with van der Waals surface area (Å²) in [6.45, 7) is 2.03. The topological polar surface area (TPSA) is 20.3 Å². The molecule has 0 unspecified atom stereocenters. The van der Waals surface area contributed by atoms with Crippen molar-refractivity contribution < 1.29 is 4.79 Å². The Balaban J connectivity index is 1.81. The summed E-state index contributed by atoms with van der Waals surface area (Å²) in [4.78, 5) is 14.4.